The van der Waals surface area contributed by atoms with Gasteiger partial charge in [-0.1, -0.05) is 6.92 Å². The van der Waals surface area contributed by atoms with E-state index in [1.807, 2.05) is 12.4 Å². The first-order valence-corrected chi connectivity index (χ1v) is 6.21. The zero-order chi connectivity index (χ0) is 12.3. The second-order valence-electron chi connectivity index (χ2n) is 4.47. The molecule has 0 aromatic carbocycles. The molecule has 0 aliphatic carbocycles. The predicted octanol–water partition coefficient (Wildman–Crippen LogP) is 1.91. The highest BCUT2D eigenvalue weighted by atomic mass is 32.1. The summed E-state index contributed by atoms with van der Waals surface area (Å²) < 4.78 is 0. The molecule has 1 heterocycles. The molecule has 0 bridgehead atoms. The molecule has 0 spiro atoms. The van der Waals surface area contributed by atoms with Crippen molar-refractivity contribution in [1.82, 2.24) is 9.88 Å². The molecule has 0 saturated heterocycles. The van der Waals surface area contributed by atoms with E-state index in [1.54, 1.807) is 4.90 Å². The van der Waals surface area contributed by atoms with Crippen LogP contribution in [0.2, 0.25) is 0 Å². The Balaban J connectivity index is 2.66. The molecular formula is C11H19N3OS. The third-order valence-corrected chi connectivity index (χ3v) is 3.77. The van der Waals surface area contributed by atoms with Crippen molar-refractivity contribution in [2.75, 3.05) is 12.8 Å². The van der Waals surface area contributed by atoms with Gasteiger partial charge in [0, 0.05) is 18.0 Å². The van der Waals surface area contributed by atoms with Crippen LogP contribution in [0.25, 0.3) is 0 Å². The second-order valence-corrected chi connectivity index (χ2v) is 5.36. The summed E-state index contributed by atoms with van der Waals surface area (Å²) in [6.07, 6.45) is 1.25. The van der Waals surface area contributed by atoms with Crippen LogP contribution in [-0.4, -0.2) is 28.4 Å². The van der Waals surface area contributed by atoms with Gasteiger partial charge < -0.3 is 10.6 Å². The summed E-state index contributed by atoms with van der Waals surface area (Å²) in [4.78, 5) is 17.8. The molecule has 0 atom stereocenters. The molecular weight excluding hydrogens is 222 g/mol. The Morgan fingerprint density at radius 1 is 1.62 bits per heavy atom. The number of likely N-dealkylation sites (N-methyl/N-ethyl adjacent to an activating group) is 1. The largest absolute Gasteiger partial charge is 0.375 e. The lowest BCUT2D eigenvalue weighted by molar-refractivity contribution is -0.134. The van der Waals surface area contributed by atoms with Crippen molar-refractivity contribution in [2.24, 2.45) is 0 Å². The standard InChI is InChI=1S/C11H19N3OS/c1-5-11(2,3)14(4)9(15)6-8-7-16-10(12)13-8/h7H,5-6H2,1-4H3,(H2,12,13). The fourth-order valence-corrected chi connectivity index (χ4v) is 1.81. The molecule has 1 aromatic rings. The van der Waals surface area contributed by atoms with Gasteiger partial charge in [-0.05, 0) is 20.3 Å². The Bertz CT molecular complexity index is 373. The molecule has 0 fully saturated rings. The first-order valence-electron chi connectivity index (χ1n) is 5.33. The number of nitrogens with two attached hydrogens (primary N) is 1. The van der Waals surface area contributed by atoms with Crippen molar-refractivity contribution < 1.29 is 4.79 Å². The molecule has 4 nitrogen and oxygen atoms in total. The average molecular weight is 241 g/mol. The summed E-state index contributed by atoms with van der Waals surface area (Å²) in [5.74, 6) is 0.0807. The van der Waals surface area contributed by atoms with Crippen molar-refractivity contribution in [2.45, 2.75) is 39.2 Å². The molecule has 1 amide bonds. The molecule has 0 radical (unpaired) electrons. The van der Waals surface area contributed by atoms with Gasteiger partial charge in [0.2, 0.25) is 5.91 Å². The molecule has 0 aliphatic rings. The molecule has 5 heteroatoms. The fourth-order valence-electron chi connectivity index (χ4n) is 1.25. The second kappa shape index (κ2) is 4.82. The van der Waals surface area contributed by atoms with Crippen LogP contribution >= 0.6 is 11.3 Å². The number of carbonyl (C=O) groups is 1. The Morgan fingerprint density at radius 3 is 2.69 bits per heavy atom. The van der Waals surface area contributed by atoms with Crippen LogP contribution in [0.15, 0.2) is 5.38 Å². The molecule has 0 unspecified atom stereocenters. The summed E-state index contributed by atoms with van der Waals surface area (Å²) in [6, 6.07) is 0. The van der Waals surface area contributed by atoms with E-state index in [-0.39, 0.29) is 11.4 Å². The number of nitrogens with zero attached hydrogens (tertiary/aromatic N) is 2. The van der Waals surface area contributed by atoms with Crippen molar-refractivity contribution >= 4 is 22.4 Å². The summed E-state index contributed by atoms with van der Waals surface area (Å²) in [5, 5.41) is 2.35. The van der Waals surface area contributed by atoms with Crippen molar-refractivity contribution in [3.8, 4) is 0 Å². The van der Waals surface area contributed by atoms with Crippen LogP contribution in [0.3, 0.4) is 0 Å². The van der Waals surface area contributed by atoms with Gasteiger partial charge in [0.25, 0.3) is 0 Å². The third kappa shape index (κ3) is 2.95. The predicted molar refractivity (Wildman–Crippen MR) is 67.4 cm³/mol. The van der Waals surface area contributed by atoms with Crippen LogP contribution in [0.5, 0.6) is 0 Å². The van der Waals surface area contributed by atoms with Gasteiger partial charge in [-0.25, -0.2) is 4.98 Å². The van der Waals surface area contributed by atoms with Crippen molar-refractivity contribution in [3.63, 3.8) is 0 Å². The number of carbonyl (C=O) groups excluding carboxylic acids is 1. The van der Waals surface area contributed by atoms with E-state index in [9.17, 15) is 4.79 Å². The van der Waals surface area contributed by atoms with Crippen molar-refractivity contribution in [1.29, 1.82) is 0 Å². The smallest absolute Gasteiger partial charge is 0.228 e. The minimum Gasteiger partial charge on any atom is -0.375 e. The van der Waals surface area contributed by atoms with Crippen LogP contribution in [-0.2, 0) is 11.2 Å². The van der Waals surface area contributed by atoms with Gasteiger partial charge >= 0.3 is 0 Å². The summed E-state index contributed by atoms with van der Waals surface area (Å²) in [5.41, 5.74) is 6.17. The lowest BCUT2D eigenvalue weighted by Crippen LogP contribution is -2.45. The maximum atomic E-state index is 12.0. The molecule has 0 aliphatic heterocycles. The molecule has 16 heavy (non-hydrogen) atoms. The number of anilines is 1. The van der Waals surface area contributed by atoms with E-state index >= 15 is 0 Å². The average Bonchev–Trinajstić information content (AvgIpc) is 2.62. The topological polar surface area (TPSA) is 59.2 Å². The number of amides is 1. The minimum absolute atomic E-state index is 0.0807. The molecule has 90 valence electrons. The lowest BCUT2D eigenvalue weighted by atomic mass is 9.99. The first kappa shape index (κ1) is 13.0. The van der Waals surface area contributed by atoms with E-state index in [0.717, 1.165) is 12.1 Å². The van der Waals surface area contributed by atoms with Crippen LogP contribution in [0, 0.1) is 0 Å². The van der Waals surface area contributed by atoms with E-state index in [4.69, 9.17) is 5.73 Å². The van der Waals surface area contributed by atoms with Gasteiger partial charge in [-0.15, -0.1) is 11.3 Å². The molecule has 2 N–H and O–H groups in total. The number of rotatable bonds is 4. The monoisotopic (exact) mass is 241 g/mol. The number of hydrogen-bond acceptors (Lipinski definition) is 4. The Labute approximate surface area is 100 Å². The van der Waals surface area contributed by atoms with Crippen LogP contribution in [0.1, 0.15) is 32.9 Å². The first-order chi connectivity index (χ1) is 7.36. The van der Waals surface area contributed by atoms with Crippen LogP contribution in [0.4, 0.5) is 5.13 Å². The number of thiazole rings is 1. The molecule has 1 rings (SSSR count). The zero-order valence-corrected chi connectivity index (χ0v) is 11.1. The maximum Gasteiger partial charge on any atom is 0.228 e. The van der Waals surface area contributed by atoms with Gasteiger partial charge in [-0.3, -0.25) is 4.79 Å². The molecule has 0 saturated carbocycles. The minimum atomic E-state index is -0.112. The van der Waals surface area contributed by atoms with Crippen molar-refractivity contribution in [3.05, 3.63) is 11.1 Å². The SMILES string of the molecule is CCC(C)(C)N(C)C(=O)Cc1csc(N)n1. The van der Waals surface area contributed by atoms with Gasteiger partial charge in [-0.2, -0.15) is 0 Å². The highest BCUT2D eigenvalue weighted by Crippen LogP contribution is 2.18. The molecule has 1 aromatic heterocycles. The summed E-state index contributed by atoms with van der Waals surface area (Å²) in [7, 11) is 1.83. The van der Waals surface area contributed by atoms with E-state index < -0.39 is 0 Å². The van der Waals surface area contributed by atoms with E-state index in [2.05, 4.69) is 25.8 Å². The van der Waals surface area contributed by atoms with Crippen LogP contribution < -0.4 is 5.73 Å². The third-order valence-electron chi connectivity index (χ3n) is 3.05. The quantitative estimate of drug-likeness (QED) is 0.876. The van der Waals surface area contributed by atoms with Gasteiger partial charge in [0.15, 0.2) is 5.13 Å². The van der Waals surface area contributed by atoms with Gasteiger partial charge in [0.05, 0.1) is 12.1 Å². The Morgan fingerprint density at radius 2 is 2.25 bits per heavy atom. The van der Waals surface area contributed by atoms with E-state index in [0.29, 0.717) is 11.6 Å². The highest BCUT2D eigenvalue weighted by molar-refractivity contribution is 7.13. The normalized spacial score (nSPS) is 11.5. The summed E-state index contributed by atoms with van der Waals surface area (Å²) in [6.45, 7) is 6.19. The lowest BCUT2D eigenvalue weighted by Gasteiger charge is -2.34. The summed E-state index contributed by atoms with van der Waals surface area (Å²) >= 11 is 1.37. The number of hydrogen-bond donors (Lipinski definition) is 1. The number of nitrogen functional groups attached to an aromatic ring is 1. The Hall–Kier alpha value is -1.10. The Kier molecular flexibility index (Phi) is 3.91. The maximum absolute atomic E-state index is 12.0. The highest BCUT2D eigenvalue weighted by Gasteiger charge is 2.25. The zero-order valence-electron chi connectivity index (χ0n) is 10.3. The number of aromatic nitrogens is 1. The van der Waals surface area contributed by atoms with Gasteiger partial charge in [0.1, 0.15) is 0 Å². The fraction of sp³-hybridized carbons (Fsp3) is 0.636. The van der Waals surface area contributed by atoms with E-state index in [1.165, 1.54) is 11.3 Å².